The van der Waals surface area contributed by atoms with Crippen molar-refractivity contribution in [2.75, 3.05) is 0 Å². The lowest BCUT2D eigenvalue weighted by Crippen LogP contribution is -2.19. The van der Waals surface area contributed by atoms with Crippen LogP contribution in [0.3, 0.4) is 0 Å². The quantitative estimate of drug-likeness (QED) is 0.899. The Kier molecular flexibility index (Phi) is 4.33. The highest BCUT2D eigenvalue weighted by Gasteiger charge is 2.25. The number of para-hydroxylation sites is 2. The molecule has 130 valence electrons. The van der Waals surface area contributed by atoms with Crippen molar-refractivity contribution >= 4 is 5.97 Å². The third-order valence-electron chi connectivity index (χ3n) is 4.32. The number of carboxylic acid groups (broad SMARTS) is 1. The van der Waals surface area contributed by atoms with Crippen LogP contribution >= 0.6 is 0 Å². The number of aromatic hydroxyl groups is 1. The minimum atomic E-state index is -0.838. The molecule has 3 rings (SSSR count). The topological polar surface area (TPSA) is 82.2 Å². The van der Waals surface area contributed by atoms with E-state index in [0.717, 1.165) is 21.8 Å². The van der Waals surface area contributed by atoms with Gasteiger partial charge in [0, 0.05) is 12.0 Å². The molecule has 1 aliphatic rings. The molecule has 5 heteroatoms. The van der Waals surface area contributed by atoms with Crippen molar-refractivity contribution in [3.05, 3.63) is 63.8 Å². The van der Waals surface area contributed by atoms with E-state index >= 15 is 0 Å². The van der Waals surface area contributed by atoms with E-state index in [0.29, 0.717) is 12.0 Å². The molecule has 25 heavy (non-hydrogen) atoms. The monoisotopic (exact) mass is 338 g/mol. The van der Waals surface area contributed by atoms with Crippen molar-refractivity contribution in [1.29, 1.82) is 0 Å². The van der Waals surface area contributed by atoms with Crippen molar-refractivity contribution < 1.29 is 15.0 Å². The zero-order chi connectivity index (χ0) is 18.2. The van der Waals surface area contributed by atoms with E-state index in [2.05, 4.69) is 9.98 Å². The van der Waals surface area contributed by atoms with Gasteiger partial charge in [-0.2, -0.15) is 0 Å². The number of hydrogen-bond acceptors (Lipinski definition) is 4. The van der Waals surface area contributed by atoms with Crippen LogP contribution in [0.2, 0.25) is 0 Å². The number of phenols is 1. The zero-order valence-electron chi connectivity index (χ0n) is 14.7. The maximum atomic E-state index is 10.9. The maximum Gasteiger partial charge on any atom is 0.303 e. The van der Waals surface area contributed by atoms with E-state index in [4.69, 9.17) is 5.11 Å². The largest absolute Gasteiger partial charge is 0.507 e. The van der Waals surface area contributed by atoms with E-state index < -0.39 is 12.1 Å². The fourth-order valence-corrected chi connectivity index (χ4v) is 3.00. The number of rotatable bonds is 4. The summed E-state index contributed by atoms with van der Waals surface area (Å²) in [6, 6.07) is 11.3. The average molecular weight is 338 g/mol. The Morgan fingerprint density at radius 3 is 2.24 bits per heavy atom. The molecular formula is C20H22N2O3. The molecule has 5 nitrogen and oxygen atoms in total. The number of hydrogen-bond donors (Lipinski definition) is 2. The number of aliphatic carboxylic acids is 1. The molecule has 1 aliphatic heterocycles. The number of fused-ring (bicyclic) bond motifs is 1. The Morgan fingerprint density at radius 1 is 1.12 bits per heavy atom. The fraction of sp³-hybridized carbons (Fsp3) is 0.350. The second-order valence-electron chi connectivity index (χ2n) is 7.35. The second kappa shape index (κ2) is 6.31. The first-order valence-corrected chi connectivity index (χ1v) is 8.34. The predicted molar refractivity (Wildman–Crippen MR) is 94.3 cm³/mol. The number of aryl methyl sites for hydroxylation is 1. The predicted octanol–water partition coefficient (Wildman–Crippen LogP) is 2.66. The molecule has 0 amide bonds. The highest BCUT2D eigenvalue weighted by Crippen LogP contribution is 2.39. The molecule has 0 saturated carbocycles. The van der Waals surface area contributed by atoms with Crippen molar-refractivity contribution in [2.24, 2.45) is 9.98 Å². The number of benzene rings is 2. The van der Waals surface area contributed by atoms with E-state index in [9.17, 15) is 9.90 Å². The first-order chi connectivity index (χ1) is 11.8. The summed E-state index contributed by atoms with van der Waals surface area (Å²) in [4.78, 5) is 20.1. The van der Waals surface area contributed by atoms with Crippen LogP contribution in [-0.2, 0) is 16.6 Å². The SMILES string of the molecule is CC(C)(C)c1cc(CCC(=O)O)cc(C2N=c3ccccc3=N2)c1O. The summed E-state index contributed by atoms with van der Waals surface area (Å²) in [6.07, 6.45) is -0.0403. The number of carboxylic acids is 1. The van der Waals surface area contributed by atoms with Crippen LogP contribution < -0.4 is 10.7 Å². The average Bonchev–Trinajstić information content (AvgIpc) is 2.96. The Bertz CT molecular complexity index is 907. The van der Waals surface area contributed by atoms with Crippen molar-refractivity contribution in [3.63, 3.8) is 0 Å². The Labute approximate surface area is 146 Å². The third kappa shape index (κ3) is 3.55. The molecule has 0 atom stereocenters. The van der Waals surface area contributed by atoms with Gasteiger partial charge in [0.15, 0.2) is 6.17 Å². The number of phenolic OH excluding ortho intramolecular Hbond substituents is 1. The Hall–Kier alpha value is -2.69. The highest BCUT2D eigenvalue weighted by molar-refractivity contribution is 5.67. The molecular weight excluding hydrogens is 316 g/mol. The standard InChI is InChI=1S/C20H22N2O3/c1-20(2,3)14-11-12(8-9-17(23)24)10-13(18(14)25)19-21-15-6-4-5-7-16(15)22-19/h4-7,10-11,19,25H,8-9H2,1-3H3,(H,23,24). The lowest BCUT2D eigenvalue weighted by molar-refractivity contribution is -0.136. The third-order valence-corrected chi connectivity index (χ3v) is 4.32. The molecule has 1 heterocycles. The van der Waals surface area contributed by atoms with Crippen molar-refractivity contribution in [1.82, 2.24) is 0 Å². The van der Waals surface area contributed by atoms with Gasteiger partial charge >= 0.3 is 5.97 Å². The van der Waals surface area contributed by atoms with Gasteiger partial charge < -0.3 is 10.2 Å². The summed E-state index contributed by atoms with van der Waals surface area (Å²) in [6.45, 7) is 6.06. The van der Waals surface area contributed by atoms with Crippen LogP contribution in [0.25, 0.3) is 0 Å². The van der Waals surface area contributed by atoms with Gasteiger partial charge in [0.25, 0.3) is 0 Å². The molecule has 2 N–H and O–H groups in total. The van der Waals surface area contributed by atoms with E-state index in [1.807, 2.05) is 57.2 Å². The molecule has 2 aromatic carbocycles. The first kappa shape index (κ1) is 17.1. The van der Waals surface area contributed by atoms with Crippen LogP contribution in [0, 0.1) is 0 Å². The minimum Gasteiger partial charge on any atom is -0.507 e. The lowest BCUT2D eigenvalue weighted by atomic mass is 9.83. The van der Waals surface area contributed by atoms with Gasteiger partial charge in [-0.3, -0.25) is 14.8 Å². The van der Waals surface area contributed by atoms with Crippen molar-refractivity contribution in [3.8, 4) is 5.75 Å². The number of nitrogens with zero attached hydrogens (tertiary/aromatic N) is 2. The molecule has 0 unspecified atom stereocenters. The normalized spacial score (nSPS) is 13.9. The summed E-state index contributed by atoms with van der Waals surface area (Å²) in [7, 11) is 0. The van der Waals surface area contributed by atoms with Crippen LogP contribution in [0.5, 0.6) is 5.75 Å². The molecule has 0 radical (unpaired) electrons. The summed E-state index contributed by atoms with van der Waals surface area (Å²) in [5, 5.41) is 21.4. The van der Waals surface area contributed by atoms with E-state index in [1.165, 1.54) is 0 Å². The summed E-state index contributed by atoms with van der Waals surface area (Å²) >= 11 is 0. The molecule has 0 aliphatic carbocycles. The van der Waals surface area contributed by atoms with Gasteiger partial charge in [-0.1, -0.05) is 39.0 Å². The highest BCUT2D eigenvalue weighted by atomic mass is 16.4. The fourth-order valence-electron chi connectivity index (χ4n) is 3.00. The molecule has 0 bridgehead atoms. The van der Waals surface area contributed by atoms with Crippen LogP contribution in [0.15, 0.2) is 46.4 Å². The summed E-state index contributed by atoms with van der Waals surface area (Å²) in [5.41, 5.74) is 2.01. The molecule has 0 saturated heterocycles. The van der Waals surface area contributed by atoms with Crippen LogP contribution in [0.4, 0.5) is 0 Å². The molecule has 0 aromatic heterocycles. The minimum absolute atomic E-state index is 0.0486. The van der Waals surface area contributed by atoms with E-state index in [1.54, 1.807) is 0 Å². The summed E-state index contributed by atoms with van der Waals surface area (Å²) < 4.78 is 0. The second-order valence-corrected chi connectivity index (χ2v) is 7.35. The smallest absolute Gasteiger partial charge is 0.303 e. The number of carbonyl (C=O) groups is 1. The Morgan fingerprint density at radius 2 is 1.72 bits per heavy atom. The molecule has 0 fully saturated rings. The zero-order valence-corrected chi connectivity index (χ0v) is 14.7. The van der Waals surface area contributed by atoms with Gasteiger partial charge in [0.2, 0.25) is 0 Å². The van der Waals surface area contributed by atoms with Gasteiger partial charge in [0.05, 0.1) is 10.7 Å². The first-order valence-electron chi connectivity index (χ1n) is 8.34. The molecule has 0 spiro atoms. The van der Waals surface area contributed by atoms with Gasteiger partial charge in [-0.25, -0.2) is 0 Å². The van der Waals surface area contributed by atoms with Crippen LogP contribution in [-0.4, -0.2) is 16.2 Å². The summed E-state index contributed by atoms with van der Waals surface area (Å²) in [5.74, 6) is -0.647. The van der Waals surface area contributed by atoms with Gasteiger partial charge in [0.1, 0.15) is 5.75 Å². The van der Waals surface area contributed by atoms with Crippen molar-refractivity contribution in [2.45, 2.75) is 45.2 Å². The van der Waals surface area contributed by atoms with E-state index in [-0.39, 0.29) is 17.6 Å². The van der Waals surface area contributed by atoms with Gasteiger partial charge in [-0.05, 0) is 41.2 Å². The van der Waals surface area contributed by atoms with Gasteiger partial charge in [-0.15, -0.1) is 0 Å². The lowest BCUT2D eigenvalue weighted by Gasteiger charge is -2.24. The Balaban J connectivity index is 2.10. The molecule has 2 aromatic rings. The van der Waals surface area contributed by atoms with Crippen LogP contribution in [0.1, 0.15) is 50.0 Å². The maximum absolute atomic E-state index is 10.9.